The molecule has 3 amide bonds. The molecule has 1 aromatic carbocycles. The van der Waals surface area contributed by atoms with Crippen molar-refractivity contribution in [2.75, 3.05) is 0 Å². The molecule has 122 valence electrons. The molecule has 2 aromatic rings. The quantitative estimate of drug-likeness (QED) is 0.749. The minimum Gasteiger partial charge on any atom is -0.351 e. The Labute approximate surface area is 139 Å². The first-order chi connectivity index (χ1) is 11.0. The molecule has 23 heavy (non-hydrogen) atoms. The van der Waals surface area contributed by atoms with Crippen molar-refractivity contribution in [1.29, 1.82) is 0 Å². The van der Waals surface area contributed by atoms with Gasteiger partial charge in [-0.2, -0.15) is 0 Å². The molecule has 0 radical (unpaired) electrons. The highest BCUT2D eigenvalue weighted by Gasteiger charge is 2.26. The maximum Gasteiger partial charge on any atom is 0.319 e. The van der Waals surface area contributed by atoms with Crippen LogP contribution in [0.4, 0.5) is 4.79 Å². The number of carbonyl (C=O) groups is 2. The third-order valence-corrected chi connectivity index (χ3v) is 4.69. The Hall–Kier alpha value is -2.18. The van der Waals surface area contributed by atoms with E-state index in [1.165, 1.54) is 5.56 Å². The lowest BCUT2D eigenvalue weighted by Crippen LogP contribution is -2.92. The van der Waals surface area contributed by atoms with E-state index in [9.17, 15) is 9.59 Å². The molecule has 0 aliphatic rings. The van der Waals surface area contributed by atoms with E-state index in [1.54, 1.807) is 18.3 Å². The van der Waals surface area contributed by atoms with Gasteiger partial charge in [0, 0.05) is 5.56 Å². The van der Waals surface area contributed by atoms with Gasteiger partial charge in [-0.25, -0.2) is 4.79 Å². The highest BCUT2D eigenvalue weighted by molar-refractivity contribution is 7.10. The molecule has 5 N–H and O–H groups in total. The lowest BCUT2D eigenvalue weighted by Gasteiger charge is -2.19. The number of imide groups is 1. The second-order valence-corrected chi connectivity index (χ2v) is 6.40. The number of rotatable bonds is 6. The SMILES string of the molecule is CCc1ccc([C@H]([NH2+][C@H](C)C(=O)NC(N)=O)c2cccs2)cc1. The van der Waals surface area contributed by atoms with E-state index in [4.69, 9.17) is 5.73 Å². The number of aryl methyl sites for hydroxylation is 1. The number of primary amides is 1. The normalized spacial score (nSPS) is 13.3. The molecule has 0 unspecified atom stereocenters. The van der Waals surface area contributed by atoms with Crippen LogP contribution in [-0.2, 0) is 11.2 Å². The van der Waals surface area contributed by atoms with Crippen molar-refractivity contribution in [3.63, 3.8) is 0 Å². The zero-order chi connectivity index (χ0) is 16.8. The molecule has 0 aliphatic carbocycles. The van der Waals surface area contributed by atoms with Crippen LogP contribution in [0.25, 0.3) is 0 Å². The molecular formula is C17H22N3O2S+. The van der Waals surface area contributed by atoms with Gasteiger partial charge >= 0.3 is 6.03 Å². The van der Waals surface area contributed by atoms with Crippen molar-refractivity contribution in [2.45, 2.75) is 32.4 Å². The zero-order valence-corrected chi connectivity index (χ0v) is 14.1. The lowest BCUT2D eigenvalue weighted by atomic mass is 10.0. The summed E-state index contributed by atoms with van der Waals surface area (Å²) in [5.74, 6) is -0.385. The first kappa shape index (κ1) is 17.2. The van der Waals surface area contributed by atoms with Gasteiger partial charge in [-0.05, 0) is 30.4 Å². The topological polar surface area (TPSA) is 88.8 Å². The molecule has 2 atom stereocenters. The van der Waals surface area contributed by atoms with Crippen LogP contribution in [-0.4, -0.2) is 18.0 Å². The average Bonchev–Trinajstić information content (AvgIpc) is 3.06. The number of quaternary nitrogens is 1. The fourth-order valence-electron chi connectivity index (χ4n) is 2.41. The van der Waals surface area contributed by atoms with Crippen molar-refractivity contribution in [1.82, 2.24) is 5.32 Å². The Morgan fingerprint density at radius 2 is 1.96 bits per heavy atom. The Morgan fingerprint density at radius 1 is 1.26 bits per heavy atom. The van der Waals surface area contributed by atoms with Crippen LogP contribution in [0.2, 0.25) is 0 Å². The number of benzene rings is 1. The molecule has 1 aromatic heterocycles. The van der Waals surface area contributed by atoms with Crippen molar-refractivity contribution < 1.29 is 14.9 Å². The van der Waals surface area contributed by atoms with Crippen molar-refractivity contribution in [3.8, 4) is 0 Å². The summed E-state index contributed by atoms with van der Waals surface area (Å²) in [6, 6.07) is 11.2. The summed E-state index contributed by atoms with van der Waals surface area (Å²) in [7, 11) is 0. The highest BCUT2D eigenvalue weighted by Crippen LogP contribution is 2.23. The Kier molecular flexibility index (Phi) is 5.90. The molecule has 0 spiro atoms. The largest absolute Gasteiger partial charge is 0.351 e. The maximum absolute atomic E-state index is 12.0. The molecular weight excluding hydrogens is 310 g/mol. The molecule has 0 saturated heterocycles. The Balaban J connectivity index is 2.21. The number of nitrogens with two attached hydrogens (primary N) is 2. The van der Waals surface area contributed by atoms with Gasteiger partial charge in [0.05, 0.1) is 4.88 Å². The monoisotopic (exact) mass is 332 g/mol. The number of carbonyl (C=O) groups excluding carboxylic acids is 2. The van der Waals surface area contributed by atoms with Gasteiger partial charge in [-0.3, -0.25) is 10.1 Å². The third-order valence-electron chi connectivity index (χ3n) is 3.74. The summed E-state index contributed by atoms with van der Waals surface area (Å²) >= 11 is 1.65. The minimum absolute atomic E-state index is 0.00883. The number of thiophene rings is 1. The molecule has 2 rings (SSSR count). The van der Waals surface area contributed by atoms with Gasteiger partial charge < -0.3 is 11.1 Å². The van der Waals surface area contributed by atoms with Crippen LogP contribution < -0.4 is 16.4 Å². The molecule has 0 bridgehead atoms. The summed E-state index contributed by atoms with van der Waals surface area (Å²) in [5, 5.41) is 6.10. The van der Waals surface area contributed by atoms with E-state index in [0.717, 1.165) is 16.9 Å². The van der Waals surface area contributed by atoms with Crippen molar-refractivity contribution in [3.05, 3.63) is 57.8 Å². The van der Waals surface area contributed by atoms with Crippen LogP contribution in [0.15, 0.2) is 41.8 Å². The number of amides is 3. The van der Waals surface area contributed by atoms with Gasteiger partial charge in [-0.15, -0.1) is 11.3 Å². The highest BCUT2D eigenvalue weighted by atomic mass is 32.1. The molecule has 0 saturated carbocycles. The van der Waals surface area contributed by atoms with Crippen LogP contribution in [0.5, 0.6) is 0 Å². The Bertz CT molecular complexity index is 653. The number of urea groups is 1. The zero-order valence-electron chi connectivity index (χ0n) is 13.3. The summed E-state index contributed by atoms with van der Waals surface area (Å²) < 4.78 is 0. The smallest absolute Gasteiger partial charge is 0.319 e. The van der Waals surface area contributed by atoms with Crippen molar-refractivity contribution >= 4 is 23.3 Å². The third kappa shape index (κ3) is 4.64. The van der Waals surface area contributed by atoms with Gasteiger partial charge in [0.25, 0.3) is 5.91 Å². The van der Waals surface area contributed by atoms with Gasteiger partial charge in [-0.1, -0.05) is 37.3 Å². The Morgan fingerprint density at radius 3 is 2.48 bits per heavy atom. The van der Waals surface area contributed by atoms with E-state index < -0.39 is 12.1 Å². The minimum atomic E-state index is -0.824. The van der Waals surface area contributed by atoms with Crippen LogP contribution in [0, 0.1) is 0 Å². The van der Waals surface area contributed by atoms with Gasteiger partial charge in [0.15, 0.2) is 6.04 Å². The number of hydrogen-bond donors (Lipinski definition) is 3. The summed E-state index contributed by atoms with van der Waals surface area (Å²) in [5.41, 5.74) is 7.42. The van der Waals surface area contributed by atoms with Gasteiger partial charge in [0.2, 0.25) is 0 Å². The van der Waals surface area contributed by atoms with Crippen LogP contribution in [0.3, 0.4) is 0 Å². The molecule has 0 aliphatic heterocycles. The van der Waals surface area contributed by atoms with Crippen LogP contribution >= 0.6 is 11.3 Å². The molecule has 1 heterocycles. The summed E-state index contributed by atoms with van der Waals surface area (Å²) in [6.07, 6.45) is 0.991. The fourth-order valence-corrected chi connectivity index (χ4v) is 3.24. The predicted molar refractivity (Wildman–Crippen MR) is 91.1 cm³/mol. The lowest BCUT2D eigenvalue weighted by molar-refractivity contribution is -0.704. The van der Waals surface area contributed by atoms with Gasteiger partial charge in [0.1, 0.15) is 6.04 Å². The summed E-state index contributed by atoms with van der Waals surface area (Å²) in [6.45, 7) is 3.88. The van der Waals surface area contributed by atoms with E-state index in [2.05, 4.69) is 42.6 Å². The first-order valence-electron chi connectivity index (χ1n) is 7.58. The second-order valence-electron chi connectivity index (χ2n) is 5.42. The average molecular weight is 332 g/mol. The molecule has 0 fully saturated rings. The van der Waals surface area contributed by atoms with Crippen LogP contribution in [0.1, 0.15) is 35.9 Å². The van der Waals surface area contributed by atoms with E-state index in [-0.39, 0.29) is 11.9 Å². The summed E-state index contributed by atoms with van der Waals surface area (Å²) in [4.78, 5) is 24.0. The van der Waals surface area contributed by atoms with E-state index in [0.29, 0.717) is 0 Å². The number of nitrogens with one attached hydrogen (secondary N) is 1. The number of hydrogen-bond acceptors (Lipinski definition) is 3. The fraction of sp³-hybridized carbons (Fsp3) is 0.294. The predicted octanol–water partition coefficient (Wildman–Crippen LogP) is 1.55. The standard InChI is InChI=1S/C17H21N3O2S/c1-3-12-6-8-13(9-7-12)15(14-5-4-10-23-14)19-11(2)16(21)20-17(18)22/h4-11,15,19H,3H2,1-2H3,(H3,18,20,21,22)/p+1/t11-,15+/m1/s1. The van der Waals surface area contributed by atoms with E-state index in [1.807, 2.05) is 16.8 Å². The second kappa shape index (κ2) is 7.89. The maximum atomic E-state index is 12.0. The molecule has 5 nitrogen and oxygen atoms in total. The van der Waals surface area contributed by atoms with E-state index >= 15 is 0 Å². The van der Waals surface area contributed by atoms with Crippen molar-refractivity contribution in [2.24, 2.45) is 5.73 Å². The molecule has 6 heteroatoms. The first-order valence-corrected chi connectivity index (χ1v) is 8.46.